The Labute approximate surface area is 147 Å². The summed E-state index contributed by atoms with van der Waals surface area (Å²) < 4.78 is 0. The average Bonchev–Trinajstić information content (AvgIpc) is 2.71. The lowest BCUT2D eigenvalue weighted by Crippen LogP contribution is -2.62. The Morgan fingerprint density at radius 3 is 2.16 bits per heavy atom. The molecule has 6 N–H and O–H groups in total. The van der Waals surface area contributed by atoms with E-state index in [0.717, 1.165) is 0 Å². The first-order valence-electron chi connectivity index (χ1n) is 9.39. The maximum atomic E-state index is 10.9. The van der Waals surface area contributed by atoms with E-state index in [1.165, 1.54) is 6.08 Å². The SMILES string of the molecule is C[C@]12CCC(O)(O)CC1=CC(O)(O)[C@@H]1[C@H]2CC[C@@]2(C)[C@H]1CCC2(O)O. The van der Waals surface area contributed by atoms with Crippen LogP contribution in [0.1, 0.15) is 58.8 Å². The number of hydrogen-bond donors (Lipinski definition) is 6. The molecule has 4 rings (SSSR count). The fourth-order valence-corrected chi connectivity index (χ4v) is 6.65. The van der Waals surface area contributed by atoms with Gasteiger partial charge >= 0.3 is 0 Å². The third-order valence-corrected chi connectivity index (χ3v) is 8.33. The summed E-state index contributed by atoms with van der Waals surface area (Å²) in [6, 6.07) is 0. The van der Waals surface area contributed by atoms with Crippen molar-refractivity contribution in [3.63, 3.8) is 0 Å². The van der Waals surface area contributed by atoms with E-state index in [9.17, 15) is 30.6 Å². The summed E-state index contributed by atoms with van der Waals surface area (Å²) in [7, 11) is 0. The number of aliphatic hydroxyl groups is 6. The minimum absolute atomic E-state index is 0.0226. The number of hydrogen-bond acceptors (Lipinski definition) is 6. The molecule has 0 bridgehead atoms. The fraction of sp³-hybridized carbons (Fsp3) is 0.895. The standard InChI is InChI=1S/C19H30O6/c1-15-7-8-17(20,21)9-11(15)10-18(22,23)14-12(15)3-5-16(2)13(14)4-6-19(16,24)25/h10,12-14,20-25H,3-9H2,1-2H3/t12-,13+,14-,15+,16+/m1/s1. The molecule has 0 amide bonds. The van der Waals surface area contributed by atoms with Crippen LogP contribution in [0.5, 0.6) is 0 Å². The van der Waals surface area contributed by atoms with Crippen molar-refractivity contribution < 1.29 is 30.6 Å². The van der Waals surface area contributed by atoms with Crippen molar-refractivity contribution in [3.8, 4) is 0 Å². The first kappa shape index (κ1) is 17.9. The third-order valence-electron chi connectivity index (χ3n) is 8.33. The zero-order valence-electron chi connectivity index (χ0n) is 14.9. The average molecular weight is 354 g/mol. The molecule has 4 aliphatic rings. The molecule has 0 spiro atoms. The maximum absolute atomic E-state index is 10.9. The van der Waals surface area contributed by atoms with Gasteiger partial charge in [0.1, 0.15) is 0 Å². The first-order chi connectivity index (χ1) is 11.3. The summed E-state index contributed by atoms with van der Waals surface area (Å²) in [6.45, 7) is 3.94. The molecule has 5 atom stereocenters. The topological polar surface area (TPSA) is 121 Å². The molecular weight excluding hydrogens is 324 g/mol. The van der Waals surface area contributed by atoms with Gasteiger partial charge in [0, 0.05) is 30.6 Å². The summed E-state index contributed by atoms with van der Waals surface area (Å²) >= 11 is 0. The van der Waals surface area contributed by atoms with Crippen LogP contribution in [0, 0.1) is 28.6 Å². The highest BCUT2D eigenvalue weighted by Crippen LogP contribution is 2.68. The highest BCUT2D eigenvalue weighted by atomic mass is 16.5. The molecule has 0 unspecified atom stereocenters. The van der Waals surface area contributed by atoms with Crippen LogP contribution < -0.4 is 0 Å². The lowest BCUT2D eigenvalue weighted by molar-refractivity contribution is -0.282. The number of rotatable bonds is 0. The molecule has 0 aliphatic heterocycles. The van der Waals surface area contributed by atoms with E-state index < -0.39 is 28.7 Å². The Kier molecular flexibility index (Phi) is 3.47. The molecule has 6 nitrogen and oxygen atoms in total. The Morgan fingerprint density at radius 2 is 1.48 bits per heavy atom. The highest BCUT2D eigenvalue weighted by molar-refractivity contribution is 5.30. The molecule has 0 saturated heterocycles. The van der Waals surface area contributed by atoms with Crippen LogP contribution in [0.15, 0.2) is 11.6 Å². The van der Waals surface area contributed by atoms with E-state index in [-0.39, 0.29) is 36.5 Å². The summed E-state index contributed by atoms with van der Waals surface area (Å²) in [4.78, 5) is 0. The van der Waals surface area contributed by atoms with E-state index in [1.54, 1.807) is 0 Å². The van der Waals surface area contributed by atoms with Crippen LogP contribution in [-0.4, -0.2) is 48.0 Å². The Bertz CT molecular complexity index is 623. The van der Waals surface area contributed by atoms with E-state index in [1.807, 2.05) is 6.92 Å². The lowest BCUT2D eigenvalue weighted by atomic mass is 9.46. The largest absolute Gasteiger partial charge is 0.365 e. The molecule has 25 heavy (non-hydrogen) atoms. The molecule has 0 radical (unpaired) electrons. The molecular formula is C19H30O6. The Morgan fingerprint density at radius 1 is 0.840 bits per heavy atom. The minimum Gasteiger partial charge on any atom is -0.365 e. The predicted molar refractivity (Wildman–Crippen MR) is 88.6 cm³/mol. The second kappa shape index (κ2) is 4.86. The van der Waals surface area contributed by atoms with Crippen LogP contribution in [0.2, 0.25) is 0 Å². The van der Waals surface area contributed by atoms with Crippen molar-refractivity contribution in [2.75, 3.05) is 0 Å². The molecule has 142 valence electrons. The molecule has 0 aromatic heterocycles. The van der Waals surface area contributed by atoms with Gasteiger partial charge in [-0.15, -0.1) is 0 Å². The molecule has 0 aromatic carbocycles. The van der Waals surface area contributed by atoms with E-state index in [0.29, 0.717) is 31.3 Å². The molecule has 3 fully saturated rings. The van der Waals surface area contributed by atoms with Gasteiger partial charge in [-0.25, -0.2) is 0 Å². The lowest BCUT2D eigenvalue weighted by Gasteiger charge is -2.61. The van der Waals surface area contributed by atoms with E-state index in [2.05, 4.69) is 6.92 Å². The summed E-state index contributed by atoms with van der Waals surface area (Å²) in [5.74, 6) is -6.34. The quantitative estimate of drug-likeness (QED) is 0.280. The Hall–Kier alpha value is -0.500. The molecule has 0 heterocycles. The smallest absolute Gasteiger partial charge is 0.186 e. The minimum atomic E-state index is -2.07. The van der Waals surface area contributed by atoms with Gasteiger partial charge in [-0.3, -0.25) is 0 Å². The maximum Gasteiger partial charge on any atom is 0.186 e. The molecule has 0 aromatic rings. The third kappa shape index (κ3) is 2.25. The first-order valence-corrected chi connectivity index (χ1v) is 9.39. The van der Waals surface area contributed by atoms with E-state index >= 15 is 0 Å². The van der Waals surface area contributed by atoms with Crippen molar-refractivity contribution in [3.05, 3.63) is 11.6 Å². The van der Waals surface area contributed by atoms with Gasteiger partial charge in [-0.2, -0.15) is 0 Å². The van der Waals surface area contributed by atoms with Crippen molar-refractivity contribution in [2.45, 2.75) is 76.2 Å². The van der Waals surface area contributed by atoms with Crippen molar-refractivity contribution in [1.29, 1.82) is 0 Å². The summed E-state index contributed by atoms with van der Waals surface area (Å²) in [5.41, 5.74) is -0.360. The van der Waals surface area contributed by atoms with Crippen molar-refractivity contribution >= 4 is 0 Å². The van der Waals surface area contributed by atoms with Crippen molar-refractivity contribution in [1.82, 2.24) is 0 Å². The summed E-state index contributed by atoms with van der Waals surface area (Å²) in [5, 5.41) is 62.8. The van der Waals surface area contributed by atoms with Crippen LogP contribution in [0.3, 0.4) is 0 Å². The predicted octanol–water partition coefficient (Wildman–Crippen LogP) is 0.602. The van der Waals surface area contributed by atoms with Crippen molar-refractivity contribution in [2.24, 2.45) is 28.6 Å². The molecule has 6 heteroatoms. The monoisotopic (exact) mass is 354 g/mol. The second-order valence-corrected chi connectivity index (χ2v) is 9.58. The highest BCUT2D eigenvalue weighted by Gasteiger charge is 2.68. The van der Waals surface area contributed by atoms with Gasteiger partial charge in [0.05, 0.1) is 0 Å². The Balaban J connectivity index is 1.80. The van der Waals surface area contributed by atoms with Gasteiger partial charge in [0.15, 0.2) is 17.4 Å². The van der Waals surface area contributed by atoms with Crippen LogP contribution in [-0.2, 0) is 0 Å². The van der Waals surface area contributed by atoms with Gasteiger partial charge in [-0.1, -0.05) is 19.4 Å². The van der Waals surface area contributed by atoms with Gasteiger partial charge in [0.2, 0.25) is 0 Å². The second-order valence-electron chi connectivity index (χ2n) is 9.58. The zero-order chi connectivity index (χ0) is 18.5. The molecule has 4 aliphatic carbocycles. The number of fused-ring (bicyclic) bond motifs is 5. The van der Waals surface area contributed by atoms with Crippen LogP contribution in [0.4, 0.5) is 0 Å². The van der Waals surface area contributed by atoms with E-state index in [4.69, 9.17) is 0 Å². The van der Waals surface area contributed by atoms with Gasteiger partial charge in [0.25, 0.3) is 0 Å². The van der Waals surface area contributed by atoms with Crippen LogP contribution in [0.25, 0.3) is 0 Å². The van der Waals surface area contributed by atoms with Crippen LogP contribution >= 0.6 is 0 Å². The zero-order valence-corrected chi connectivity index (χ0v) is 14.9. The normalized spacial score (nSPS) is 49.6. The van der Waals surface area contributed by atoms with Gasteiger partial charge in [-0.05, 0) is 49.0 Å². The molecule has 3 saturated carbocycles. The summed E-state index contributed by atoms with van der Waals surface area (Å²) in [6.07, 6.45) is 4.37. The van der Waals surface area contributed by atoms with Gasteiger partial charge < -0.3 is 30.6 Å². The fourth-order valence-electron chi connectivity index (χ4n) is 6.65.